The molecule has 0 bridgehead atoms. The van der Waals surface area contributed by atoms with Crippen LogP contribution in [0, 0.1) is 6.92 Å². The molecule has 0 aliphatic heterocycles. The first-order valence-corrected chi connectivity index (χ1v) is 7.23. The van der Waals surface area contributed by atoms with Crippen molar-refractivity contribution in [1.29, 1.82) is 0 Å². The number of rotatable bonds is 5. The van der Waals surface area contributed by atoms with Crippen LogP contribution < -0.4 is 10.6 Å². The molecule has 2 aromatic carbocycles. The lowest BCUT2D eigenvalue weighted by atomic mass is 10.1. The van der Waals surface area contributed by atoms with Crippen LogP contribution in [0.1, 0.15) is 16.7 Å². The van der Waals surface area contributed by atoms with Crippen molar-refractivity contribution in [2.45, 2.75) is 19.9 Å². The molecule has 0 aliphatic carbocycles. The van der Waals surface area contributed by atoms with Crippen molar-refractivity contribution >= 4 is 17.3 Å². The van der Waals surface area contributed by atoms with Gasteiger partial charge in [0.05, 0.1) is 0 Å². The zero-order valence-corrected chi connectivity index (χ0v) is 12.8. The first-order chi connectivity index (χ1) is 9.60. The summed E-state index contributed by atoms with van der Waals surface area (Å²) in [6.45, 7) is 3.71. The van der Waals surface area contributed by atoms with Crippen molar-refractivity contribution in [1.82, 2.24) is 0 Å². The van der Waals surface area contributed by atoms with Crippen LogP contribution in [0.25, 0.3) is 0 Å². The number of anilines is 1. The largest absolute Gasteiger partial charge is 0.370 e. The number of benzene rings is 2. The topological polar surface area (TPSA) is 29.3 Å². The second-order valence-corrected chi connectivity index (χ2v) is 5.58. The third kappa shape index (κ3) is 3.75. The third-order valence-corrected chi connectivity index (χ3v) is 3.69. The van der Waals surface area contributed by atoms with Gasteiger partial charge in [-0.1, -0.05) is 35.9 Å². The molecule has 0 saturated carbocycles. The predicted molar refractivity (Wildman–Crippen MR) is 87.5 cm³/mol. The van der Waals surface area contributed by atoms with Crippen LogP contribution in [-0.2, 0) is 13.0 Å². The molecule has 20 heavy (non-hydrogen) atoms. The van der Waals surface area contributed by atoms with E-state index in [4.69, 9.17) is 17.3 Å². The van der Waals surface area contributed by atoms with Gasteiger partial charge in [-0.25, -0.2) is 0 Å². The van der Waals surface area contributed by atoms with Crippen molar-refractivity contribution < 1.29 is 0 Å². The van der Waals surface area contributed by atoms with Crippen molar-refractivity contribution in [3.63, 3.8) is 0 Å². The van der Waals surface area contributed by atoms with Crippen LogP contribution in [-0.4, -0.2) is 13.6 Å². The van der Waals surface area contributed by atoms with Gasteiger partial charge in [0.25, 0.3) is 0 Å². The summed E-state index contributed by atoms with van der Waals surface area (Å²) in [5.41, 5.74) is 10.7. The van der Waals surface area contributed by atoms with Crippen molar-refractivity contribution in [2.75, 3.05) is 18.5 Å². The summed E-state index contributed by atoms with van der Waals surface area (Å²) in [7, 11) is 2.11. The minimum atomic E-state index is 0.694. The van der Waals surface area contributed by atoms with Gasteiger partial charge in [0.1, 0.15) is 0 Å². The van der Waals surface area contributed by atoms with Crippen LogP contribution in [0.3, 0.4) is 0 Å². The lowest BCUT2D eigenvalue weighted by molar-refractivity contribution is 0.912. The zero-order valence-electron chi connectivity index (χ0n) is 12.1. The number of aryl methyl sites for hydroxylation is 1. The van der Waals surface area contributed by atoms with Gasteiger partial charge in [-0.2, -0.15) is 0 Å². The maximum atomic E-state index is 5.91. The fourth-order valence-electron chi connectivity index (χ4n) is 2.42. The molecule has 0 atom stereocenters. The molecule has 0 heterocycles. The molecule has 2 rings (SSSR count). The molecule has 0 aliphatic rings. The Morgan fingerprint density at radius 1 is 1.05 bits per heavy atom. The molecular weight excluding hydrogens is 268 g/mol. The average molecular weight is 289 g/mol. The standard InChI is InChI=1S/C17H21ClN2/c1-13-11-14(9-10-19)5-8-17(13)20(2)12-15-3-6-16(18)7-4-15/h3-8,11H,9-10,12,19H2,1-2H3. The minimum absolute atomic E-state index is 0.694. The van der Waals surface area contributed by atoms with E-state index in [0.717, 1.165) is 18.0 Å². The minimum Gasteiger partial charge on any atom is -0.370 e. The molecular formula is C17H21ClN2. The van der Waals surface area contributed by atoms with Gasteiger partial charge >= 0.3 is 0 Å². The normalized spacial score (nSPS) is 10.6. The average Bonchev–Trinajstić information content (AvgIpc) is 2.42. The molecule has 0 saturated heterocycles. The number of nitrogens with two attached hydrogens (primary N) is 1. The van der Waals surface area contributed by atoms with E-state index in [1.54, 1.807) is 0 Å². The van der Waals surface area contributed by atoms with E-state index in [1.807, 2.05) is 12.1 Å². The van der Waals surface area contributed by atoms with Crippen molar-refractivity contribution in [3.05, 3.63) is 64.2 Å². The van der Waals surface area contributed by atoms with E-state index in [0.29, 0.717) is 6.54 Å². The number of hydrogen-bond donors (Lipinski definition) is 1. The van der Waals surface area contributed by atoms with Gasteiger partial charge in [-0.3, -0.25) is 0 Å². The first kappa shape index (κ1) is 14.9. The Labute approximate surface area is 126 Å². The van der Waals surface area contributed by atoms with E-state index in [9.17, 15) is 0 Å². The Morgan fingerprint density at radius 2 is 1.70 bits per heavy atom. The van der Waals surface area contributed by atoms with Crippen LogP contribution >= 0.6 is 11.6 Å². The van der Waals surface area contributed by atoms with Crippen LogP contribution in [0.4, 0.5) is 5.69 Å². The molecule has 2 nitrogen and oxygen atoms in total. The number of halogens is 1. The maximum Gasteiger partial charge on any atom is 0.0426 e. The molecule has 3 heteroatoms. The molecule has 0 unspecified atom stereocenters. The van der Waals surface area contributed by atoms with Crippen LogP contribution in [0.5, 0.6) is 0 Å². The molecule has 0 aromatic heterocycles. The Kier molecular flexibility index (Phi) is 5.05. The van der Waals surface area contributed by atoms with E-state index in [2.05, 4.69) is 49.2 Å². The summed E-state index contributed by atoms with van der Waals surface area (Å²) in [5, 5.41) is 0.777. The second kappa shape index (κ2) is 6.78. The lowest BCUT2D eigenvalue weighted by Crippen LogP contribution is -2.17. The Bertz CT molecular complexity index is 564. The van der Waals surface area contributed by atoms with Gasteiger partial charge < -0.3 is 10.6 Å². The Hall–Kier alpha value is -1.51. The van der Waals surface area contributed by atoms with Crippen LogP contribution in [0.15, 0.2) is 42.5 Å². The molecule has 2 N–H and O–H groups in total. The van der Waals surface area contributed by atoms with Crippen molar-refractivity contribution in [3.8, 4) is 0 Å². The maximum absolute atomic E-state index is 5.91. The van der Waals surface area contributed by atoms with E-state index >= 15 is 0 Å². The Morgan fingerprint density at radius 3 is 2.30 bits per heavy atom. The summed E-state index contributed by atoms with van der Waals surface area (Å²) < 4.78 is 0. The fraction of sp³-hybridized carbons (Fsp3) is 0.294. The SMILES string of the molecule is Cc1cc(CCN)ccc1N(C)Cc1ccc(Cl)cc1. The molecule has 106 valence electrons. The zero-order chi connectivity index (χ0) is 14.5. The highest BCUT2D eigenvalue weighted by atomic mass is 35.5. The fourth-order valence-corrected chi connectivity index (χ4v) is 2.54. The second-order valence-electron chi connectivity index (χ2n) is 5.14. The van der Waals surface area contributed by atoms with Gasteiger partial charge in [0.2, 0.25) is 0 Å². The van der Waals surface area contributed by atoms with E-state index in [-0.39, 0.29) is 0 Å². The molecule has 0 spiro atoms. The molecule has 2 aromatic rings. The summed E-state index contributed by atoms with van der Waals surface area (Å²) in [5.74, 6) is 0. The summed E-state index contributed by atoms with van der Waals surface area (Å²) in [6.07, 6.45) is 0.933. The number of hydrogen-bond acceptors (Lipinski definition) is 2. The highest BCUT2D eigenvalue weighted by molar-refractivity contribution is 6.30. The Balaban J connectivity index is 2.12. The van der Waals surface area contributed by atoms with Gasteiger partial charge in [0.15, 0.2) is 0 Å². The van der Waals surface area contributed by atoms with Gasteiger partial charge in [-0.05, 0) is 54.8 Å². The smallest absolute Gasteiger partial charge is 0.0426 e. The van der Waals surface area contributed by atoms with Crippen molar-refractivity contribution in [2.24, 2.45) is 5.73 Å². The highest BCUT2D eigenvalue weighted by Gasteiger charge is 2.06. The highest BCUT2D eigenvalue weighted by Crippen LogP contribution is 2.22. The number of nitrogens with zero attached hydrogens (tertiary/aromatic N) is 1. The molecule has 0 radical (unpaired) electrons. The van der Waals surface area contributed by atoms with Gasteiger partial charge in [-0.15, -0.1) is 0 Å². The quantitative estimate of drug-likeness (QED) is 0.907. The van der Waals surface area contributed by atoms with Crippen LogP contribution in [0.2, 0.25) is 5.02 Å². The monoisotopic (exact) mass is 288 g/mol. The van der Waals surface area contributed by atoms with E-state index in [1.165, 1.54) is 22.4 Å². The molecule has 0 fully saturated rings. The summed E-state index contributed by atoms with van der Waals surface area (Å²) in [4.78, 5) is 2.25. The summed E-state index contributed by atoms with van der Waals surface area (Å²) >= 11 is 5.91. The molecule has 0 amide bonds. The lowest BCUT2D eigenvalue weighted by Gasteiger charge is -2.22. The predicted octanol–water partition coefficient (Wildman–Crippen LogP) is 3.79. The summed E-state index contributed by atoms with van der Waals surface area (Å²) in [6, 6.07) is 14.6. The third-order valence-electron chi connectivity index (χ3n) is 3.44. The first-order valence-electron chi connectivity index (χ1n) is 6.85. The van der Waals surface area contributed by atoms with Gasteiger partial charge in [0, 0.05) is 24.3 Å². The van der Waals surface area contributed by atoms with E-state index < -0.39 is 0 Å².